The maximum absolute atomic E-state index is 9.41. The fourth-order valence-corrected chi connectivity index (χ4v) is 3.41. The van der Waals surface area contributed by atoms with E-state index in [1.54, 1.807) is 0 Å². The largest absolute Gasteiger partial charge is 0.303 e. The van der Waals surface area contributed by atoms with Crippen LogP contribution in [-0.2, 0) is 0 Å². The number of nitrogens with one attached hydrogen (secondary N) is 1. The van der Waals surface area contributed by atoms with Crippen LogP contribution < -0.4 is 5.32 Å². The van der Waals surface area contributed by atoms with Gasteiger partial charge >= 0.3 is 0 Å². The first-order valence-electron chi connectivity index (χ1n) is 8.58. The van der Waals surface area contributed by atoms with Gasteiger partial charge < -0.3 is 4.90 Å². The summed E-state index contributed by atoms with van der Waals surface area (Å²) >= 11 is 0. The minimum atomic E-state index is -0.296. The van der Waals surface area contributed by atoms with Crippen LogP contribution in [-0.4, -0.2) is 36.6 Å². The summed E-state index contributed by atoms with van der Waals surface area (Å²) < 4.78 is 0. The van der Waals surface area contributed by atoms with Crippen molar-refractivity contribution in [2.75, 3.05) is 26.2 Å². The van der Waals surface area contributed by atoms with Crippen LogP contribution in [0.15, 0.2) is 0 Å². The second kappa shape index (κ2) is 9.37. The molecule has 3 heteroatoms. The van der Waals surface area contributed by atoms with Crippen molar-refractivity contribution in [1.29, 1.82) is 5.26 Å². The summed E-state index contributed by atoms with van der Waals surface area (Å²) in [6, 6.07) is 2.50. The molecule has 0 saturated carbocycles. The molecule has 1 atom stereocenters. The number of piperidine rings is 1. The van der Waals surface area contributed by atoms with Gasteiger partial charge in [0.05, 0.1) is 6.07 Å². The number of nitriles is 1. The van der Waals surface area contributed by atoms with E-state index in [0.717, 1.165) is 38.3 Å². The lowest BCUT2D eigenvalue weighted by molar-refractivity contribution is 0.171. The molecule has 116 valence electrons. The van der Waals surface area contributed by atoms with Crippen molar-refractivity contribution in [3.05, 3.63) is 0 Å². The first kappa shape index (κ1) is 17.5. The highest BCUT2D eigenvalue weighted by atomic mass is 15.1. The molecule has 1 aliphatic heterocycles. The monoisotopic (exact) mass is 279 g/mol. The first-order chi connectivity index (χ1) is 9.69. The number of nitrogens with zero attached hydrogens (tertiary/aromatic N) is 2. The molecule has 20 heavy (non-hydrogen) atoms. The van der Waals surface area contributed by atoms with Gasteiger partial charge in [-0.25, -0.2) is 0 Å². The van der Waals surface area contributed by atoms with Gasteiger partial charge in [-0.05, 0) is 64.2 Å². The highest BCUT2D eigenvalue weighted by Gasteiger charge is 2.26. The lowest BCUT2D eigenvalue weighted by Gasteiger charge is -2.33. The van der Waals surface area contributed by atoms with Gasteiger partial charge in [-0.3, -0.25) is 5.32 Å². The number of rotatable bonds is 9. The Balaban J connectivity index is 2.25. The fourth-order valence-electron chi connectivity index (χ4n) is 3.41. The van der Waals surface area contributed by atoms with Gasteiger partial charge in [-0.1, -0.05) is 33.6 Å². The van der Waals surface area contributed by atoms with Crippen molar-refractivity contribution in [2.45, 2.75) is 71.3 Å². The van der Waals surface area contributed by atoms with E-state index in [0.29, 0.717) is 0 Å². The Hall–Kier alpha value is -0.590. The van der Waals surface area contributed by atoms with Crippen molar-refractivity contribution >= 4 is 0 Å². The van der Waals surface area contributed by atoms with Gasteiger partial charge in [0, 0.05) is 0 Å². The molecule has 1 heterocycles. The third-order valence-electron chi connectivity index (χ3n) is 4.81. The summed E-state index contributed by atoms with van der Waals surface area (Å²) in [5.41, 5.74) is -0.296. The average molecular weight is 279 g/mol. The molecule has 0 spiro atoms. The topological polar surface area (TPSA) is 39.1 Å². The molecule has 1 saturated heterocycles. The molecule has 0 bridgehead atoms. The summed E-state index contributed by atoms with van der Waals surface area (Å²) in [7, 11) is 0. The zero-order valence-electron chi connectivity index (χ0n) is 13.7. The van der Waals surface area contributed by atoms with Gasteiger partial charge in [0.15, 0.2) is 0 Å². The van der Waals surface area contributed by atoms with Crippen molar-refractivity contribution in [3.8, 4) is 6.07 Å². The summed E-state index contributed by atoms with van der Waals surface area (Å²) in [5, 5.41) is 12.8. The average Bonchev–Trinajstić information content (AvgIpc) is 2.48. The summed E-state index contributed by atoms with van der Waals surface area (Å²) in [6.45, 7) is 11.0. The van der Waals surface area contributed by atoms with Gasteiger partial charge in [0.25, 0.3) is 0 Å². The Bertz CT molecular complexity index is 289. The van der Waals surface area contributed by atoms with Gasteiger partial charge in [0.2, 0.25) is 0 Å². The Morgan fingerprint density at radius 1 is 1.25 bits per heavy atom. The lowest BCUT2D eigenvalue weighted by atomic mass is 9.90. The Kier molecular flexibility index (Phi) is 8.18. The van der Waals surface area contributed by atoms with Gasteiger partial charge in [-0.2, -0.15) is 5.26 Å². The highest BCUT2D eigenvalue weighted by Crippen LogP contribution is 2.23. The van der Waals surface area contributed by atoms with Gasteiger partial charge in [0.1, 0.15) is 5.54 Å². The quantitative estimate of drug-likeness (QED) is 0.701. The molecule has 0 aromatic heterocycles. The van der Waals surface area contributed by atoms with E-state index in [4.69, 9.17) is 0 Å². The normalized spacial score (nSPS) is 20.5. The zero-order valence-corrected chi connectivity index (χ0v) is 13.7. The Labute approximate surface area is 125 Å². The maximum atomic E-state index is 9.41. The zero-order chi connectivity index (χ0) is 14.8. The second-order valence-electron chi connectivity index (χ2n) is 6.26. The summed E-state index contributed by atoms with van der Waals surface area (Å²) in [6.07, 6.45) is 8.48. The van der Waals surface area contributed by atoms with Crippen LogP contribution in [0.5, 0.6) is 0 Å². The van der Waals surface area contributed by atoms with Crippen LogP contribution in [0.25, 0.3) is 0 Å². The van der Waals surface area contributed by atoms with Crippen LogP contribution in [0, 0.1) is 17.2 Å². The van der Waals surface area contributed by atoms with Crippen LogP contribution in [0.4, 0.5) is 0 Å². The van der Waals surface area contributed by atoms with Crippen LogP contribution in [0.2, 0.25) is 0 Å². The minimum Gasteiger partial charge on any atom is -0.303 e. The van der Waals surface area contributed by atoms with Crippen molar-refractivity contribution in [1.82, 2.24) is 10.2 Å². The van der Waals surface area contributed by atoms with Crippen LogP contribution >= 0.6 is 0 Å². The number of hydrogen-bond acceptors (Lipinski definition) is 3. The molecule has 1 N–H and O–H groups in total. The van der Waals surface area contributed by atoms with E-state index in [1.165, 1.54) is 38.8 Å². The van der Waals surface area contributed by atoms with E-state index in [2.05, 4.69) is 37.1 Å². The maximum Gasteiger partial charge on any atom is 0.106 e. The third kappa shape index (κ3) is 5.42. The van der Waals surface area contributed by atoms with E-state index in [1.807, 2.05) is 0 Å². The summed E-state index contributed by atoms with van der Waals surface area (Å²) in [4.78, 5) is 2.59. The van der Waals surface area contributed by atoms with Gasteiger partial charge in [-0.15, -0.1) is 0 Å². The minimum absolute atomic E-state index is 0.296. The van der Waals surface area contributed by atoms with E-state index in [9.17, 15) is 5.26 Å². The number of likely N-dealkylation sites (tertiary alicyclic amines) is 1. The molecule has 0 amide bonds. The molecule has 0 aromatic rings. The predicted molar refractivity (Wildman–Crippen MR) is 85.6 cm³/mol. The van der Waals surface area contributed by atoms with Crippen molar-refractivity contribution in [2.24, 2.45) is 5.92 Å². The molecule has 1 fully saturated rings. The number of hydrogen-bond donors (Lipinski definition) is 1. The van der Waals surface area contributed by atoms with Crippen molar-refractivity contribution < 1.29 is 0 Å². The molecule has 1 rings (SSSR count). The van der Waals surface area contributed by atoms with E-state index in [-0.39, 0.29) is 5.54 Å². The second-order valence-corrected chi connectivity index (χ2v) is 6.26. The van der Waals surface area contributed by atoms with Crippen molar-refractivity contribution in [3.63, 3.8) is 0 Å². The molecular weight excluding hydrogens is 246 g/mol. The highest BCUT2D eigenvalue weighted by molar-refractivity contribution is 5.06. The Morgan fingerprint density at radius 2 is 1.95 bits per heavy atom. The molecule has 0 radical (unpaired) electrons. The molecular formula is C17H33N3. The van der Waals surface area contributed by atoms with Crippen LogP contribution in [0.1, 0.15) is 65.7 Å². The first-order valence-corrected chi connectivity index (χ1v) is 8.58. The molecule has 1 aliphatic rings. The van der Waals surface area contributed by atoms with E-state index >= 15 is 0 Å². The lowest BCUT2D eigenvalue weighted by Crippen LogP contribution is -2.44. The smallest absolute Gasteiger partial charge is 0.106 e. The molecule has 0 aliphatic carbocycles. The van der Waals surface area contributed by atoms with E-state index < -0.39 is 0 Å². The standard InChI is InChI=1S/C17H33N3/c1-4-8-16-9-13-20(14-10-16)12-7-11-17(5-2,15-18)19-6-3/h16,19H,4-14H2,1-3H3. The fraction of sp³-hybridized carbons (Fsp3) is 0.941. The molecule has 0 aromatic carbocycles. The predicted octanol–water partition coefficient (Wildman–Crippen LogP) is 3.56. The third-order valence-corrected chi connectivity index (χ3v) is 4.81. The Morgan fingerprint density at radius 3 is 2.45 bits per heavy atom. The summed E-state index contributed by atoms with van der Waals surface area (Å²) in [5.74, 6) is 0.965. The molecule has 3 nitrogen and oxygen atoms in total. The molecule has 1 unspecified atom stereocenters. The van der Waals surface area contributed by atoms with Crippen LogP contribution in [0.3, 0.4) is 0 Å². The SMILES string of the molecule is CCCC1CCN(CCCC(C#N)(CC)NCC)CC1.